The predicted molar refractivity (Wildman–Crippen MR) is 141 cm³/mol. The Bertz CT molecular complexity index is 976. The van der Waals surface area contributed by atoms with Crippen molar-refractivity contribution in [3.05, 3.63) is 54.1 Å². The van der Waals surface area contributed by atoms with E-state index in [2.05, 4.69) is 46.3 Å². The standard InChI is InChI=1S/C27H35F3N4OS/c1-21-3-7-24(8-4-21)33-15-2-14-32(19-20-33)16-13-26(35)34-17-11-23(12-18-34)31-22-5-9-25(10-6-22)36-27(28,29)30/h3-10,23,31H,2,11-20H2,1H3. The lowest BCUT2D eigenvalue weighted by Gasteiger charge is -2.33. The van der Waals surface area contributed by atoms with Crippen molar-refractivity contribution in [2.75, 3.05) is 56.0 Å². The zero-order chi connectivity index (χ0) is 25.5. The Kier molecular flexibility index (Phi) is 9.06. The number of nitrogens with one attached hydrogen (secondary N) is 1. The Morgan fingerprint density at radius 2 is 1.64 bits per heavy atom. The Morgan fingerprint density at radius 1 is 0.944 bits per heavy atom. The molecule has 1 amide bonds. The lowest BCUT2D eigenvalue weighted by molar-refractivity contribution is -0.132. The molecule has 0 bridgehead atoms. The largest absolute Gasteiger partial charge is 0.446 e. The number of nitrogens with zero attached hydrogens (tertiary/aromatic N) is 3. The van der Waals surface area contributed by atoms with Gasteiger partial charge in [-0.05, 0) is 80.9 Å². The van der Waals surface area contributed by atoms with Crippen LogP contribution < -0.4 is 10.2 Å². The first-order valence-corrected chi connectivity index (χ1v) is 13.5. The molecule has 5 nitrogen and oxygen atoms in total. The van der Waals surface area contributed by atoms with Gasteiger partial charge in [0.2, 0.25) is 5.91 Å². The fourth-order valence-corrected chi connectivity index (χ4v) is 5.42. The van der Waals surface area contributed by atoms with Gasteiger partial charge in [0.05, 0.1) is 0 Å². The summed E-state index contributed by atoms with van der Waals surface area (Å²) >= 11 is -0.103. The number of alkyl halides is 3. The zero-order valence-corrected chi connectivity index (χ0v) is 21.6. The molecule has 2 aliphatic rings. The van der Waals surface area contributed by atoms with Gasteiger partial charge in [-0.1, -0.05) is 17.7 Å². The molecule has 0 atom stereocenters. The number of piperidine rings is 1. The van der Waals surface area contributed by atoms with Crippen molar-refractivity contribution in [3.8, 4) is 0 Å². The van der Waals surface area contributed by atoms with Crippen LogP contribution in [0.4, 0.5) is 24.5 Å². The maximum atomic E-state index is 12.8. The van der Waals surface area contributed by atoms with E-state index in [1.807, 2.05) is 4.90 Å². The van der Waals surface area contributed by atoms with Crippen molar-refractivity contribution >= 4 is 29.0 Å². The number of carbonyl (C=O) groups is 1. The van der Waals surface area contributed by atoms with Gasteiger partial charge in [-0.2, -0.15) is 13.2 Å². The minimum atomic E-state index is -4.27. The minimum absolute atomic E-state index is 0.103. The Labute approximate surface area is 216 Å². The highest BCUT2D eigenvalue weighted by Gasteiger charge is 2.29. The molecule has 0 radical (unpaired) electrons. The van der Waals surface area contributed by atoms with Crippen molar-refractivity contribution in [3.63, 3.8) is 0 Å². The number of rotatable bonds is 7. The molecule has 0 aliphatic carbocycles. The summed E-state index contributed by atoms with van der Waals surface area (Å²) in [6, 6.07) is 15.3. The Balaban J connectivity index is 1.16. The van der Waals surface area contributed by atoms with Gasteiger partial charge < -0.3 is 20.0 Å². The second kappa shape index (κ2) is 12.2. The van der Waals surface area contributed by atoms with E-state index < -0.39 is 5.51 Å². The van der Waals surface area contributed by atoms with Gasteiger partial charge in [-0.15, -0.1) is 0 Å². The number of aryl methyl sites for hydroxylation is 1. The molecule has 36 heavy (non-hydrogen) atoms. The summed E-state index contributed by atoms with van der Waals surface area (Å²) in [7, 11) is 0. The number of anilines is 2. The van der Waals surface area contributed by atoms with E-state index in [9.17, 15) is 18.0 Å². The van der Waals surface area contributed by atoms with Crippen LogP contribution in [0, 0.1) is 6.92 Å². The molecule has 0 saturated carbocycles. The summed E-state index contributed by atoms with van der Waals surface area (Å²) in [6.07, 6.45) is 3.30. The molecule has 0 unspecified atom stereocenters. The third-order valence-corrected chi connectivity index (χ3v) is 7.68. The minimum Gasteiger partial charge on any atom is -0.382 e. The summed E-state index contributed by atoms with van der Waals surface area (Å²) in [4.78, 5) is 19.8. The van der Waals surface area contributed by atoms with Crippen LogP contribution in [0.5, 0.6) is 0 Å². The number of hydrogen-bond acceptors (Lipinski definition) is 5. The summed E-state index contributed by atoms with van der Waals surface area (Å²) in [6.45, 7) is 8.31. The number of benzene rings is 2. The van der Waals surface area contributed by atoms with E-state index >= 15 is 0 Å². The average Bonchev–Trinajstić information content (AvgIpc) is 3.10. The maximum Gasteiger partial charge on any atom is 0.446 e. The Hall–Kier alpha value is -2.39. The molecule has 2 aromatic rings. The molecule has 2 fully saturated rings. The van der Waals surface area contributed by atoms with Crippen molar-refractivity contribution in [2.45, 2.75) is 49.1 Å². The van der Waals surface area contributed by atoms with Crippen LogP contribution in [-0.2, 0) is 4.79 Å². The van der Waals surface area contributed by atoms with E-state index in [4.69, 9.17) is 0 Å². The molecule has 0 aromatic heterocycles. The molecular weight excluding hydrogens is 485 g/mol. The van der Waals surface area contributed by atoms with Crippen LogP contribution in [0.2, 0.25) is 0 Å². The van der Waals surface area contributed by atoms with Gasteiger partial charge in [-0.3, -0.25) is 4.79 Å². The highest BCUT2D eigenvalue weighted by molar-refractivity contribution is 8.00. The van der Waals surface area contributed by atoms with Crippen LogP contribution in [0.25, 0.3) is 0 Å². The summed E-state index contributed by atoms with van der Waals surface area (Å²) < 4.78 is 37.5. The summed E-state index contributed by atoms with van der Waals surface area (Å²) in [5, 5.41) is 3.40. The zero-order valence-electron chi connectivity index (χ0n) is 20.8. The van der Waals surface area contributed by atoms with Gasteiger partial charge in [0.15, 0.2) is 0 Å². The van der Waals surface area contributed by atoms with E-state index in [-0.39, 0.29) is 28.6 Å². The second-order valence-electron chi connectivity index (χ2n) is 9.64. The molecule has 0 spiro atoms. The maximum absolute atomic E-state index is 12.8. The monoisotopic (exact) mass is 520 g/mol. The molecule has 196 valence electrons. The number of halogens is 3. The van der Waals surface area contributed by atoms with Crippen LogP contribution in [0.3, 0.4) is 0 Å². The van der Waals surface area contributed by atoms with Crippen molar-refractivity contribution in [2.24, 2.45) is 0 Å². The van der Waals surface area contributed by atoms with Crippen LogP contribution in [0.15, 0.2) is 53.4 Å². The van der Waals surface area contributed by atoms with Gasteiger partial charge in [-0.25, -0.2) is 0 Å². The predicted octanol–water partition coefficient (Wildman–Crippen LogP) is 5.61. The molecule has 9 heteroatoms. The number of likely N-dealkylation sites (tertiary alicyclic amines) is 1. The lowest BCUT2D eigenvalue weighted by Crippen LogP contribution is -2.43. The molecule has 2 aliphatic heterocycles. The number of carbonyl (C=O) groups excluding carboxylic acids is 1. The topological polar surface area (TPSA) is 38.8 Å². The molecule has 1 N–H and O–H groups in total. The van der Waals surface area contributed by atoms with E-state index in [0.29, 0.717) is 19.5 Å². The van der Waals surface area contributed by atoms with E-state index in [1.165, 1.54) is 23.4 Å². The number of hydrogen-bond donors (Lipinski definition) is 1. The van der Waals surface area contributed by atoms with Crippen molar-refractivity contribution in [1.29, 1.82) is 0 Å². The SMILES string of the molecule is Cc1ccc(N2CCCN(CCC(=O)N3CCC(Nc4ccc(SC(F)(F)F)cc4)CC3)CC2)cc1. The first-order chi connectivity index (χ1) is 17.2. The molecular formula is C27H35F3N4OS. The number of thioether (sulfide) groups is 1. The number of amides is 1. The summed E-state index contributed by atoms with van der Waals surface area (Å²) in [5.74, 6) is 0.210. The van der Waals surface area contributed by atoms with Crippen LogP contribution >= 0.6 is 11.8 Å². The molecule has 2 aromatic carbocycles. The van der Waals surface area contributed by atoms with Gasteiger partial charge in [0.1, 0.15) is 0 Å². The molecule has 2 saturated heterocycles. The van der Waals surface area contributed by atoms with Gasteiger partial charge in [0.25, 0.3) is 0 Å². The first-order valence-electron chi connectivity index (χ1n) is 12.7. The van der Waals surface area contributed by atoms with Crippen molar-refractivity contribution < 1.29 is 18.0 Å². The molecule has 4 rings (SSSR count). The smallest absolute Gasteiger partial charge is 0.382 e. The van der Waals surface area contributed by atoms with E-state index in [1.54, 1.807) is 12.1 Å². The van der Waals surface area contributed by atoms with Gasteiger partial charge >= 0.3 is 5.51 Å². The normalized spacial score (nSPS) is 18.2. The second-order valence-corrected chi connectivity index (χ2v) is 10.8. The van der Waals surface area contributed by atoms with Crippen LogP contribution in [0.1, 0.15) is 31.2 Å². The summed E-state index contributed by atoms with van der Waals surface area (Å²) in [5.41, 5.74) is -0.923. The van der Waals surface area contributed by atoms with Crippen LogP contribution in [-0.4, -0.2) is 73.1 Å². The highest BCUT2D eigenvalue weighted by Crippen LogP contribution is 2.37. The lowest BCUT2D eigenvalue weighted by atomic mass is 10.0. The fourth-order valence-electron chi connectivity index (χ4n) is 4.88. The van der Waals surface area contributed by atoms with E-state index in [0.717, 1.165) is 57.7 Å². The fraction of sp³-hybridized carbons (Fsp3) is 0.519. The highest BCUT2D eigenvalue weighted by atomic mass is 32.2. The quantitative estimate of drug-likeness (QED) is 0.481. The third-order valence-electron chi connectivity index (χ3n) is 6.94. The van der Waals surface area contributed by atoms with Gasteiger partial charge in [0, 0.05) is 68.0 Å². The average molecular weight is 521 g/mol. The van der Waals surface area contributed by atoms with Crippen molar-refractivity contribution in [1.82, 2.24) is 9.80 Å². The molecule has 2 heterocycles. The Morgan fingerprint density at radius 3 is 2.31 bits per heavy atom. The first kappa shape index (κ1) is 26.7. The third kappa shape index (κ3) is 8.06.